The second-order valence-corrected chi connectivity index (χ2v) is 10.7. The Labute approximate surface area is 243 Å². The zero-order chi connectivity index (χ0) is 29.2. The Kier molecular flexibility index (Phi) is 7.48. The van der Waals surface area contributed by atoms with E-state index in [4.69, 9.17) is 9.47 Å². The molecule has 3 aromatic carbocycles. The lowest BCUT2D eigenvalue weighted by atomic mass is 9.85. The molecule has 3 amide bonds. The molecule has 214 valence electrons. The van der Waals surface area contributed by atoms with Crippen molar-refractivity contribution in [3.63, 3.8) is 0 Å². The highest BCUT2D eigenvalue weighted by molar-refractivity contribution is 6.52. The van der Waals surface area contributed by atoms with Crippen LogP contribution in [0.2, 0.25) is 0 Å². The number of ether oxygens (including phenoxy) is 2. The maximum Gasteiger partial charge on any atom is 0.299 e. The molecule has 42 heavy (non-hydrogen) atoms. The van der Waals surface area contributed by atoms with Gasteiger partial charge in [-0.15, -0.1) is 0 Å². The second kappa shape index (κ2) is 11.5. The number of benzene rings is 3. The Balaban J connectivity index is 1.35. The summed E-state index contributed by atoms with van der Waals surface area (Å²) in [7, 11) is 0. The van der Waals surface area contributed by atoms with Crippen LogP contribution in [0.1, 0.15) is 40.7 Å². The Morgan fingerprint density at radius 1 is 1.00 bits per heavy atom. The minimum atomic E-state index is -0.837. The fourth-order valence-electron chi connectivity index (χ4n) is 5.85. The van der Waals surface area contributed by atoms with Crippen molar-refractivity contribution in [3.05, 3.63) is 95.6 Å². The number of carbonyl (C=O) groups excluding carboxylic acids is 4. The van der Waals surface area contributed by atoms with Crippen molar-refractivity contribution in [2.24, 2.45) is 5.92 Å². The number of carbonyl (C=O) groups is 4. The molecule has 0 radical (unpaired) electrons. The van der Waals surface area contributed by atoms with Gasteiger partial charge in [-0.1, -0.05) is 48.6 Å². The third kappa shape index (κ3) is 5.25. The number of anilines is 2. The molecule has 0 aromatic heterocycles. The summed E-state index contributed by atoms with van der Waals surface area (Å²) in [6, 6.07) is 18.7. The molecule has 0 spiro atoms. The molecule has 0 fully saturated rings. The number of allylic oxidation sites excluding steroid dienone is 2. The number of para-hydroxylation sites is 1. The van der Waals surface area contributed by atoms with Gasteiger partial charge in [-0.3, -0.25) is 24.1 Å². The molecule has 0 saturated carbocycles. The van der Waals surface area contributed by atoms with E-state index in [2.05, 4.69) is 11.4 Å². The van der Waals surface area contributed by atoms with Crippen molar-refractivity contribution in [3.8, 4) is 11.5 Å². The van der Waals surface area contributed by atoms with Gasteiger partial charge in [-0.05, 0) is 67.5 Å². The van der Waals surface area contributed by atoms with Crippen LogP contribution in [0.25, 0.3) is 0 Å². The maximum atomic E-state index is 14.3. The molecule has 0 unspecified atom stereocenters. The number of hydrogen-bond donors (Lipinski definition) is 1. The first-order chi connectivity index (χ1) is 20.4. The van der Waals surface area contributed by atoms with Gasteiger partial charge >= 0.3 is 0 Å². The lowest BCUT2D eigenvalue weighted by Crippen LogP contribution is -2.54. The fraction of sp³-hybridized carbons (Fsp3) is 0.273. The molecule has 2 heterocycles. The number of amides is 3. The molecule has 6 rings (SSSR count). The van der Waals surface area contributed by atoms with Gasteiger partial charge in [0.05, 0.1) is 11.3 Å². The Bertz CT molecular complexity index is 1600. The molecule has 3 aromatic rings. The van der Waals surface area contributed by atoms with Gasteiger partial charge in [0, 0.05) is 18.3 Å². The van der Waals surface area contributed by atoms with E-state index in [0.717, 1.165) is 24.0 Å². The van der Waals surface area contributed by atoms with Crippen LogP contribution in [-0.2, 0) is 20.9 Å². The van der Waals surface area contributed by atoms with E-state index in [1.807, 2.05) is 37.3 Å². The first-order valence-electron chi connectivity index (χ1n) is 14.1. The first-order valence-corrected chi connectivity index (χ1v) is 14.1. The average molecular weight is 566 g/mol. The number of ketones is 1. The summed E-state index contributed by atoms with van der Waals surface area (Å²) in [5, 5.41) is 3.00. The Hall–Kier alpha value is -4.92. The minimum absolute atomic E-state index is 0.114. The molecule has 0 saturated heterocycles. The van der Waals surface area contributed by atoms with Crippen molar-refractivity contribution in [1.82, 2.24) is 4.90 Å². The van der Waals surface area contributed by atoms with Gasteiger partial charge in [0.15, 0.2) is 11.5 Å². The quantitative estimate of drug-likeness (QED) is 0.315. The summed E-state index contributed by atoms with van der Waals surface area (Å²) in [5.74, 6) is -1.16. The van der Waals surface area contributed by atoms with E-state index in [1.165, 1.54) is 4.90 Å². The molecule has 3 aliphatic rings. The Morgan fingerprint density at radius 3 is 2.60 bits per heavy atom. The molecule has 1 aliphatic carbocycles. The Morgan fingerprint density at radius 2 is 1.79 bits per heavy atom. The van der Waals surface area contributed by atoms with Gasteiger partial charge in [0.2, 0.25) is 18.6 Å². The van der Waals surface area contributed by atoms with E-state index in [1.54, 1.807) is 47.4 Å². The van der Waals surface area contributed by atoms with Crippen LogP contribution >= 0.6 is 0 Å². The van der Waals surface area contributed by atoms with Crippen LogP contribution in [-0.4, -0.2) is 47.8 Å². The van der Waals surface area contributed by atoms with Gasteiger partial charge < -0.3 is 19.7 Å². The minimum Gasteiger partial charge on any atom is -0.454 e. The van der Waals surface area contributed by atoms with Crippen LogP contribution in [0, 0.1) is 12.8 Å². The third-order valence-electron chi connectivity index (χ3n) is 8.10. The molecule has 2 aliphatic heterocycles. The summed E-state index contributed by atoms with van der Waals surface area (Å²) < 4.78 is 10.9. The van der Waals surface area contributed by atoms with Crippen LogP contribution in [0.5, 0.6) is 11.5 Å². The monoisotopic (exact) mass is 565 g/mol. The lowest BCUT2D eigenvalue weighted by molar-refractivity contribution is -0.140. The summed E-state index contributed by atoms with van der Waals surface area (Å²) in [6.07, 6.45) is 6.27. The number of hydrogen-bond acceptors (Lipinski definition) is 6. The number of nitrogens with one attached hydrogen (secondary N) is 1. The smallest absolute Gasteiger partial charge is 0.299 e. The molecule has 2 atom stereocenters. The van der Waals surface area contributed by atoms with Gasteiger partial charge in [0.25, 0.3) is 11.7 Å². The van der Waals surface area contributed by atoms with Crippen molar-refractivity contribution in [1.29, 1.82) is 0 Å². The third-order valence-corrected chi connectivity index (χ3v) is 8.10. The van der Waals surface area contributed by atoms with Crippen molar-refractivity contribution < 1.29 is 28.7 Å². The van der Waals surface area contributed by atoms with Crippen LogP contribution in [0.15, 0.2) is 78.9 Å². The van der Waals surface area contributed by atoms with Crippen LogP contribution < -0.4 is 19.7 Å². The van der Waals surface area contributed by atoms with Crippen LogP contribution in [0.4, 0.5) is 11.4 Å². The normalized spacial score (nSPS) is 17.6. The molecular weight excluding hydrogens is 534 g/mol. The molecular formula is C33H31N3O6. The zero-order valence-electron chi connectivity index (χ0n) is 23.2. The summed E-state index contributed by atoms with van der Waals surface area (Å²) in [4.78, 5) is 56.8. The predicted molar refractivity (Wildman–Crippen MR) is 156 cm³/mol. The summed E-state index contributed by atoms with van der Waals surface area (Å²) in [6.45, 7) is 1.89. The summed E-state index contributed by atoms with van der Waals surface area (Å²) >= 11 is 0. The van der Waals surface area contributed by atoms with Gasteiger partial charge in [0.1, 0.15) is 12.6 Å². The molecule has 9 nitrogen and oxygen atoms in total. The van der Waals surface area contributed by atoms with E-state index in [-0.39, 0.29) is 37.3 Å². The number of aryl methyl sites for hydroxylation is 1. The second-order valence-electron chi connectivity index (χ2n) is 10.7. The highest BCUT2D eigenvalue weighted by Crippen LogP contribution is 2.35. The lowest BCUT2D eigenvalue weighted by Gasteiger charge is -2.38. The molecule has 0 bridgehead atoms. The SMILES string of the molecule is Cc1ccccc1CN(C(=O)CN1C(=O)C(=O)c2ccccc21)[C@@H](C(=O)Nc1ccc2c(c1)OCO2)[C@@H]1CC=CCC1. The highest BCUT2D eigenvalue weighted by atomic mass is 16.7. The highest BCUT2D eigenvalue weighted by Gasteiger charge is 2.41. The van der Waals surface area contributed by atoms with Crippen molar-refractivity contribution in [2.75, 3.05) is 23.6 Å². The van der Waals surface area contributed by atoms with Gasteiger partial charge in [-0.25, -0.2) is 0 Å². The predicted octanol–water partition coefficient (Wildman–Crippen LogP) is 4.65. The van der Waals surface area contributed by atoms with E-state index in [9.17, 15) is 19.2 Å². The fourth-order valence-corrected chi connectivity index (χ4v) is 5.85. The molecule has 1 N–H and O–H groups in total. The topological polar surface area (TPSA) is 105 Å². The first kappa shape index (κ1) is 27.3. The standard InChI is InChI=1S/C33H31N3O6/c1-21-9-5-6-12-23(21)18-36(29(37)19-35-26-14-8-7-13-25(26)31(38)33(35)40)30(22-10-3-2-4-11-22)32(39)34-24-15-16-27-28(17-24)42-20-41-27/h2-3,5-9,12-17,22,30H,4,10-11,18-20H2,1H3,(H,34,39)/t22-,30-/m1/s1. The zero-order valence-corrected chi connectivity index (χ0v) is 23.2. The van der Waals surface area contributed by atoms with Gasteiger partial charge in [-0.2, -0.15) is 0 Å². The van der Waals surface area contributed by atoms with E-state index < -0.39 is 23.6 Å². The molecule has 9 heteroatoms. The van der Waals surface area contributed by atoms with E-state index >= 15 is 0 Å². The van der Waals surface area contributed by atoms with E-state index in [0.29, 0.717) is 29.3 Å². The number of Topliss-reactive ketones (excluding diaryl/α,β-unsaturated/α-hetero) is 1. The van der Waals surface area contributed by atoms with Crippen LogP contribution in [0.3, 0.4) is 0 Å². The summed E-state index contributed by atoms with van der Waals surface area (Å²) in [5.41, 5.74) is 3.07. The van der Waals surface area contributed by atoms with Crippen molar-refractivity contribution in [2.45, 2.75) is 38.8 Å². The average Bonchev–Trinajstić information content (AvgIpc) is 3.57. The number of fused-ring (bicyclic) bond motifs is 2. The number of rotatable bonds is 8. The maximum absolute atomic E-state index is 14.3. The largest absolute Gasteiger partial charge is 0.454 e. The number of nitrogens with zero attached hydrogens (tertiary/aromatic N) is 2. The van der Waals surface area contributed by atoms with Crippen molar-refractivity contribution >= 4 is 34.9 Å².